The zero-order valence-electron chi connectivity index (χ0n) is 14.3. The van der Waals surface area contributed by atoms with Gasteiger partial charge in [0.25, 0.3) is 0 Å². The van der Waals surface area contributed by atoms with E-state index in [0.717, 1.165) is 30.9 Å². The Labute approximate surface area is 137 Å². The quantitative estimate of drug-likeness (QED) is 0.845. The average Bonchev–Trinajstić information content (AvgIpc) is 2.57. The van der Waals surface area contributed by atoms with Crippen molar-refractivity contribution in [3.05, 3.63) is 47.0 Å². The highest BCUT2D eigenvalue weighted by Crippen LogP contribution is 2.52. The highest BCUT2D eigenvalue weighted by atomic mass is 16.5. The number of likely N-dealkylation sites (N-methyl/N-ethyl adjacent to an activating group) is 1. The van der Waals surface area contributed by atoms with Crippen molar-refractivity contribution in [2.75, 3.05) is 27.8 Å². The molecule has 0 saturated heterocycles. The molecule has 0 bridgehead atoms. The van der Waals surface area contributed by atoms with Crippen LogP contribution in [0.4, 0.5) is 0 Å². The first-order chi connectivity index (χ1) is 11.1. The van der Waals surface area contributed by atoms with E-state index in [0.29, 0.717) is 0 Å². The number of nitrogens with zero attached hydrogens (tertiary/aromatic N) is 1. The summed E-state index contributed by atoms with van der Waals surface area (Å²) in [5, 5.41) is 0. The van der Waals surface area contributed by atoms with Crippen molar-refractivity contribution in [3.8, 4) is 22.6 Å². The van der Waals surface area contributed by atoms with Crippen LogP contribution >= 0.6 is 0 Å². The van der Waals surface area contributed by atoms with Gasteiger partial charge in [-0.15, -0.1) is 0 Å². The highest BCUT2D eigenvalue weighted by molar-refractivity contribution is 5.83. The van der Waals surface area contributed by atoms with Crippen LogP contribution in [-0.2, 0) is 18.4 Å². The summed E-state index contributed by atoms with van der Waals surface area (Å²) < 4.78 is 11.3. The van der Waals surface area contributed by atoms with Crippen LogP contribution in [0.3, 0.4) is 0 Å². The van der Waals surface area contributed by atoms with E-state index in [1.165, 1.54) is 27.8 Å². The standard InChI is InChI=1S/C20H23NO2/c1-20-12-14-8-9-16(22-3)19(23-4)17(14)15-7-5-6-13(18(15)20)10-11-21(20)2/h5-9H,10-12H2,1-4H3/t20-/m1/s1. The van der Waals surface area contributed by atoms with Gasteiger partial charge in [0.1, 0.15) is 0 Å². The monoisotopic (exact) mass is 309 g/mol. The Balaban J connectivity index is 2.07. The molecule has 1 atom stereocenters. The lowest BCUT2D eigenvalue weighted by atomic mass is 9.69. The molecule has 4 rings (SSSR count). The second kappa shape index (κ2) is 5.00. The van der Waals surface area contributed by atoms with Gasteiger partial charge in [-0.25, -0.2) is 0 Å². The Bertz CT molecular complexity index is 783. The Morgan fingerprint density at radius 2 is 1.87 bits per heavy atom. The fourth-order valence-corrected chi connectivity index (χ4v) is 4.38. The zero-order valence-corrected chi connectivity index (χ0v) is 14.3. The first kappa shape index (κ1) is 14.6. The molecule has 0 radical (unpaired) electrons. The molecule has 0 spiro atoms. The molecule has 0 N–H and O–H groups in total. The first-order valence-corrected chi connectivity index (χ1v) is 8.18. The van der Waals surface area contributed by atoms with E-state index in [-0.39, 0.29) is 5.54 Å². The summed E-state index contributed by atoms with van der Waals surface area (Å²) in [5.41, 5.74) is 6.83. The largest absolute Gasteiger partial charge is 0.493 e. The van der Waals surface area contributed by atoms with Crippen molar-refractivity contribution >= 4 is 0 Å². The third kappa shape index (κ3) is 1.86. The van der Waals surface area contributed by atoms with Crippen LogP contribution in [-0.4, -0.2) is 32.7 Å². The molecule has 0 aromatic heterocycles. The van der Waals surface area contributed by atoms with Gasteiger partial charge in [-0.1, -0.05) is 24.3 Å². The fourth-order valence-electron chi connectivity index (χ4n) is 4.38. The van der Waals surface area contributed by atoms with E-state index >= 15 is 0 Å². The molecule has 0 saturated carbocycles. The van der Waals surface area contributed by atoms with Crippen molar-refractivity contribution in [3.63, 3.8) is 0 Å². The summed E-state index contributed by atoms with van der Waals surface area (Å²) in [6.07, 6.45) is 2.11. The van der Waals surface area contributed by atoms with Crippen molar-refractivity contribution in [2.24, 2.45) is 0 Å². The smallest absolute Gasteiger partial charge is 0.168 e. The topological polar surface area (TPSA) is 21.7 Å². The number of methoxy groups -OCH3 is 2. The molecule has 0 fully saturated rings. The maximum Gasteiger partial charge on any atom is 0.168 e. The van der Waals surface area contributed by atoms with Crippen molar-refractivity contribution in [2.45, 2.75) is 25.3 Å². The third-order valence-electron chi connectivity index (χ3n) is 5.68. The Hall–Kier alpha value is -2.00. The minimum atomic E-state index is 0.0524. The lowest BCUT2D eigenvalue weighted by Crippen LogP contribution is -2.49. The Morgan fingerprint density at radius 1 is 1.04 bits per heavy atom. The maximum absolute atomic E-state index is 5.74. The second-order valence-corrected chi connectivity index (χ2v) is 6.80. The summed E-state index contributed by atoms with van der Waals surface area (Å²) >= 11 is 0. The molecule has 0 amide bonds. The summed E-state index contributed by atoms with van der Waals surface area (Å²) in [4.78, 5) is 2.50. The van der Waals surface area contributed by atoms with Crippen LogP contribution in [0.25, 0.3) is 11.1 Å². The molecule has 3 nitrogen and oxygen atoms in total. The van der Waals surface area contributed by atoms with Crippen molar-refractivity contribution in [1.82, 2.24) is 4.90 Å². The molecule has 2 aliphatic rings. The van der Waals surface area contributed by atoms with Gasteiger partial charge in [0.2, 0.25) is 0 Å². The van der Waals surface area contributed by atoms with Gasteiger partial charge < -0.3 is 9.47 Å². The van der Waals surface area contributed by atoms with Gasteiger partial charge in [0.05, 0.1) is 14.2 Å². The van der Waals surface area contributed by atoms with Gasteiger partial charge in [-0.05, 0) is 55.1 Å². The Morgan fingerprint density at radius 3 is 2.61 bits per heavy atom. The summed E-state index contributed by atoms with van der Waals surface area (Å²) in [5.74, 6) is 1.66. The fraction of sp³-hybridized carbons (Fsp3) is 0.400. The van der Waals surface area contributed by atoms with Crippen LogP contribution in [0, 0.1) is 0 Å². The van der Waals surface area contributed by atoms with Crippen molar-refractivity contribution in [1.29, 1.82) is 0 Å². The van der Waals surface area contributed by atoms with Crippen LogP contribution in [0.15, 0.2) is 30.3 Å². The average molecular weight is 309 g/mol. The lowest BCUT2D eigenvalue weighted by molar-refractivity contribution is 0.122. The summed E-state index contributed by atoms with van der Waals surface area (Å²) in [6, 6.07) is 10.9. The molecule has 0 unspecified atom stereocenters. The number of benzene rings is 2. The molecule has 120 valence electrons. The molecular weight excluding hydrogens is 286 g/mol. The first-order valence-electron chi connectivity index (χ1n) is 8.18. The maximum atomic E-state index is 5.74. The van der Waals surface area contributed by atoms with E-state index in [1.54, 1.807) is 14.2 Å². The Kier molecular flexibility index (Phi) is 3.17. The normalized spacial score (nSPS) is 22.3. The van der Waals surface area contributed by atoms with Crippen LogP contribution in [0.2, 0.25) is 0 Å². The summed E-state index contributed by atoms with van der Waals surface area (Å²) in [6.45, 7) is 3.48. The minimum absolute atomic E-state index is 0.0524. The second-order valence-electron chi connectivity index (χ2n) is 6.80. The van der Waals surface area contributed by atoms with E-state index in [1.807, 2.05) is 6.07 Å². The van der Waals surface area contributed by atoms with Gasteiger partial charge in [-0.3, -0.25) is 4.90 Å². The number of rotatable bonds is 2. The van der Waals surface area contributed by atoms with Crippen LogP contribution in [0.5, 0.6) is 11.5 Å². The molecule has 3 heteroatoms. The van der Waals surface area contributed by atoms with E-state index in [4.69, 9.17) is 9.47 Å². The molecule has 23 heavy (non-hydrogen) atoms. The van der Waals surface area contributed by atoms with Gasteiger partial charge >= 0.3 is 0 Å². The third-order valence-corrected chi connectivity index (χ3v) is 5.68. The number of hydrogen-bond acceptors (Lipinski definition) is 3. The van der Waals surface area contributed by atoms with Gasteiger partial charge in [0, 0.05) is 17.6 Å². The predicted octanol–water partition coefficient (Wildman–Crippen LogP) is 3.63. The van der Waals surface area contributed by atoms with E-state index in [9.17, 15) is 0 Å². The van der Waals surface area contributed by atoms with Crippen LogP contribution < -0.4 is 9.47 Å². The van der Waals surface area contributed by atoms with Gasteiger partial charge in [-0.2, -0.15) is 0 Å². The minimum Gasteiger partial charge on any atom is -0.493 e. The molecular formula is C20H23NO2. The highest BCUT2D eigenvalue weighted by Gasteiger charge is 2.43. The molecule has 1 aliphatic heterocycles. The molecule has 2 aromatic rings. The van der Waals surface area contributed by atoms with E-state index < -0.39 is 0 Å². The number of fused-ring (bicyclic) bond motifs is 2. The lowest BCUT2D eigenvalue weighted by Gasteiger charge is -2.48. The van der Waals surface area contributed by atoms with E-state index in [2.05, 4.69) is 43.1 Å². The predicted molar refractivity (Wildman–Crippen MR) is 92.4 cm³/mol. The zero-order chi connectivity index (χ0) is 16.2. The molecule has 2 aromatic carbocycles. The number of hydrogen-bond donors (Lipinski definition) is 0. The summed E-state index contributed by atoms with van der Waals surface area (Å²) in [7, 11) is 5.67. The van der Waals surface area contributed by atoms with Gasteiger partial charge in [0.15, 0.2) is 11.5 Å². The molecule has 1 aliphatic carbocycles. The SMILES string of the molecule is COc1ccc2c(c1OC)-c1cccc3c1[C@@](C)(C2)N(C)CC3. The van der Waals surface area contributed by atoms with Crippen molar-refractivity contribution < 1.29 is 9.47 Å². The number of ether oxygens (including phenoxy) is 2. The molecule has 1 heterocycles. The van der Waals surface area contributed by atoms with Crippen LogP contribution in [0.1, 0.15) is 23.6 Å².